The summed E-state index contributed by atoms with van der Waals surface area (Å²) in [6.07, 6.45) is -1.14. The molecule has 0 amide bonds. The van der Waals surface area contributed by atoms with Gasteiger partial charge in [0.2, 0.25) is 0 Å². The molecule has 1 rings (SSSR count). The van der Waals surface area contributed by atoms with Gasteiger partial charge in [0.05, 0.1) is 18.0 Å². The van der Waals surface area contributed by atoms with Gasteiger partial charge in [-0.15, -0.1) is 0 Å². The van der Waals surface area contributed by atoms with Gasteiger partial charge in [-0.2, -0.15) is 9.78 Å². The van der Waals surface area contributed by atoms with Crippen LogP contribution in [0.25, 0.3) is 0 Å². The van der Waals surface area contributed by atoms with Crippen molar-refractivity contribution in [2.45, 2.75) is 78.3 Å². The lowest BCUT2D eigenvalue weighted by molar-refractivity contribution is -0.304. The first-order valence-corrected chi connectivity index (χ1v) is 11.2. The molecular weight excluding hydrogens is 340 g/mol. The first-order valence-electron chi connectivity index (χ1n) is 8.27. The van der Waals surface area contributed by atoms with Crippen molar-refractivity contribution in [2.24, 2.45) is 0 Å². The zero-order chi connectivity index (χ0) is 19.6. The van der Waals surface area contributed by atoms with Gasteiger partial charge < -0.3 is 19.1 Å². The molecule has 0 aromatic carbocycles. The summed E-state index contributed by atoms with van der Waals surface area (Å²) in [6.45, 7) is 16.0. The fraction of sp³-hybridized carbons (Fsp3) is 0.706. The van der Waals surface area contributed by atoms with Crippen molar-refractivity contribution in [3.8, 4) is 0 Å². The number of aliphatic carboxylic acids is 1. The second kappa shape index (κ2) is 7.29. The Morgan fingerprint density at radius 3 is 2.20 bits per heavy atom. The molecule has 1 aromatic heterocycles. The van der Waals surface area contributed by atoms with Crippen LogP contribution in [-0.4, -0.2) is 35.8 Å². The fourth-order valence-corrected chi connectivity index (χ4v) is 2.70. The summed E-state index contributed by atoms with van der Waals surface area (Å²) in [5.74, 6) is -1.29. The predicted molar refractivity (Wildman–Crippen MR) is 94.6 cm³/mol. The van der Waals surface area contributed by atoms with E-state index in [2.05, 4.69) is 39.0 Å². The maximum Gasteiger partial charge on any atom is 0.435 e. The Morgan fingerprint density at radius 1 is 1.20 bits per heavy atom. The van der Waals surface area contributed by atoms with E-state index >= 15 is 0 Å². The summed E-state index contributed by atoms with van der Waals surface area (Å²) >= 11 is 0. The van der Waals surface area contributed by atoms with E-state index in [4.69, 9.17) is 9.16 Å². The van der Waals surface area contributed by atoms with Gasteiger partial charge in [0.15, 0.2) is 8.32 Å². The molecule has 0 atom stereocenters. The Bertz CT molecular complexity index is 638. The molecule has 0 aliphatic carbocycles. The average molecular weight is 370 g/mol. The summed E-state index contributed by atoms with van der Waals surface area (Å²) in [5, 5.41) is 15.2. The van der Waals surface area contributed by atoms with Crippen LogP contribution in [0.4, 0.5) is 4.79 Å². The average Bonchev–Trinajstić information content (AvgIpc) is 2.75. The molecule has 0 fully saturated rings. The van der Waals surface area contributed by atoms with Crippen LogP contribution in [0.1, 0.15) is 52.9 Å². The number of ether oxygens (including phenoxy) is 1. The third-order valence-corrected chi connectivity index (χ3v) is 8.59. The zero-order valence-electron chi connectivity index (χ0n) is 16.4. The number of hydrogen-bond donors (Lipinski definition) is 0. The fourth-order valence-electron chi connectivity index (χ4n) is 1.75. The van der Waals surface area contributed by atoms with E-state index in [1.54, 1.807) is 26.8 Å². The van der Waals surface area contributed by atoms with Crippen LogP contribution in [0.3, 0.4) is 0 Å². The van der Waals surface area contributed by atoms with Crippen LogP contribution in [0.15, 0.2) is 6.07 Å². The molecule has 7 nitrogen and oxygen atoms in total. The molecule has 25 heavy (non-hydrogen) atoms. The van der Waals surface area contributed by atoms with Crippen molar-refractivity contribution < 1.29 is 23.9 Å². The summed E-state index contributed by atoms with van der Waals surface area (Å²) in [7, 11) is -1.99. The first kappa shape index (κ1) is 21.4. The summed E-state index contributed by atoms with van der Waals surface area (Å²) < 4.78 is 12.3. The molecule has 0 saturated carbocycles. The highest BCUT2D eigenvalue weighted by atomic mass is 28.4. The van der Waals surface area contributed by atoms with Crippen molar-refractivity contribution in [1.82, 2.24) is 9.78 Å². The maximum absolute atomic E-state index is 12.3. The molecule has 0 aliphatic rings. The van der Waals surface area contributed by atoms with Crippen molar-refractivity contribution in [3.63, 3.8) is 0 Å². The third kappa shape index (κ3) is 6.28. The van der Waals surface area contributed by atoms with Crippen molar-refractivity contribution in [1.29, 1.82) is 0 Å². The second-order valence-electron chi connectivity index (χ2n) is 8.62. The number of hydrogen-bond acceptors (Lipinski definition) is 6. The second-order valence-corrected chi connectivity index (χ2v) is 13.4. The van der Waals surface area contributed by atoms with Gasteiger partial charge in [0.1, 0.15) is 5.60 Å². The third-order valence-electron chi connectivity index (χ3n) is 4.11. The molecular formula is C17H29N2O5Si-. The van der Waals surface area contributed by atoms with Gasteiger partial charge in [-0.05, 0) is 45.0 Å². The Morgan fingerprint density at radius 2 is 1.76 bits per heavy atom. The summed E-state index contributed by atoms with van der Waals surface area (Å²) in [5.41, 5.74) is -0.00503. The molecule has 0 aliphatic heterocycles. The quantitative estimate of drug-likeness (QED) is 0.740. The minimum Gasteiger partial charge on any atom is -0.550 e. The molecule has 0 spiro atoms. The van der Waals surface area contributed by atoms with E-state index in [1.807, 2.05) is 0 Å². The molecule has 0 saturated heterocycles. The Balaban J connectivity index is 3.03. The Labute approximate surface area is 150 Å². The van der Waals surface area contributed by atoms with Gasteiger partial charge in [-0.25, -0.2) is 4.79 Å². The molecule has 8 heteroatoms. The lowest BCUT2D eigenvalue weighted by Crippen LogP contribution is -2.40. The monoisotopic (exact) mass is 369 g/mol. The summed E-state index contributed by atoms with van der Waals surface area (Å²) in [6, 6.07) is 1.55. The highest BCUT2D eigenvalue weighted by Gasteiger charge is 2.37. The van der Waals surface area contributed by atoms with E-state index in [1.165, 1.54) is 0 Å². The normalized spacial score (nSPS) is 13.0. The van der Waals surface area contributed by atoms with E-state index in [9.17, 15) is 14.7 Å². The SMILES string of the molecule is CC(C)(C)OC(=O)n1nc(CO[Si](C)(C)C(C)(C)C)cc1CC(=O)[O-]. The highest BCUT2D eigenvalue weighted by Crippen LogP contribution is 2.37. The Hall–Kier alpha value is -1.67. The van der Waals surface area contributed by atoms with E-state index < -0.39 is 32.4 Å². The van der Waals surface area contributed by atoms with Gasteiger partial charge in [0, 0.05) is 12.4 Å². The number of carbonyl (C=O) groups excluding carboxylic acids is 2. The lowest BCUT2D eigenvalue weighted by atomic mass is 10.2. The maximum atomic E-state index is 12.3. The molecule has 1 heterocycles. The highest BCUT2D eigenvalue weighted by molar-refractivity contribution is 6.74. The lowest BCUT2D eigenvalue weighted by Gasteiger charge is -2.35. The van der Waals surface area contributed by atoms with Gasteiger partial charge in [0.25, 0.3) is 0 Å². The van der Waals surface area contributed by atoms with Crippen LogP contribution in [0, 0.1) is 0 Å². The Kier molecular flexibility index (Phi) is 6.23. The van der Waals surface area contributed by atoms with E-state index in [0.717, 1.165) is 4.68 Å². The number of rotatable bonds is 5. The van der Waals surface area contributed by atoms with Gasteiger partial charge >= 0.3 is 6.09 Å². The topological polar surface area (TPSA) is 93.5 Å². The number of carboxylic acids is 1. The van der Waals surface area contributed by atoms with Gasteiger partial charge in [-0.3, -0.25) is 0 Å². The molecule has 1 aromatic rings. The minimum absolute atomic E-state index is 0.0363. The number of carbonyl (C=O) groups is 2. The van der Waals surface area contributed by atoms with Crippen LogP contribution in [0.5, 0.6) is 0 Å². The molecule has 0 N–H and O–H groups in total. The molecule has 0 unspecified atom stereocenters. The largest absolute Gasteiger partial charge is 0.550 e. The van der Waals surface area contributed by atoms with Crippen molar-refractivity contribution in [3.05, 3.63) is 17.5 Å². The van der Waals surface area contributed by atoms with E-state index in [0.29, 0.717) is 5.69 Å². The number of carboxylic acid groups (broad SMARTS) is 1. The minimum atomic E-state index is -1.99. The van der Waals surface area contributed by atoms with Crippen molar-refractivity contribution >= 4 is 20.4 Å². The number of nitrogens with zero attached hydrogens (tertiary/aromatic N) is 2. The zero-order valence-corrected chi connectivity index (χ0v) is 17.4. The van der Waals surface area contributed by atoms with E-state index in [-0.39, 0.29) is 17.3 Å². The molecule has 0 radical (unpaired) electrons. The number of aromatic nitrogens is 2. The van der Waals surface area contributed by atoms with Crippen LogP contribution in [-0.2, 0) is 27.0 Å². The standard InChI is InChI=1S/C17H30N2O5Si/c1-16(2,3)24-15(22)19-13(10-14(20)21)9-12(18-19)11-23-25(7,8)17(4,5)6/h9H,10-11H2,1-8H3,(H,20,21)/p-1. The molecule has 142 valence electrons. The van der Waals surface area contributed by atoms with Crippen molar-refractivity contribution in [2.75, 3.05) is 0 Å². The van der Waals surface area contributed by atoms with Crippen LogP contribution >= 0.6 is 0 Å². The predicted octanol–water partition coefficient (Wildman–Crippen LogP) is 2.48. The van der Waals surface area contributed by atoms with Gasteiger partial charge in [-0.1, -0.05) is 20.8 Å². The van der Waals surface area contributed by atoms with Crippen LogP contribution < -0.4 is 5.11 Å². The first-order chi connectivity index (χ1) is 11.1. The summed E-state index contributed by atoms with van der Waals surface area (Å²) in [4.78, 5) is 23.2. The van der Waals surface area contributed by atoms with Crippen LogP contribution in [0.2, 0.25) is 18.1 Å². The molecule has 0 bridgehead atoms. The smallest absolute Gasteiger partial charge is 0.435 e.